The average molecular weight is 197 g/mol. The summed E-state index contributed by atoms with van der Waals surface area (Å²) in [5.41, 5.74) is 0. The van der Waals surface area contributed by atoms with Gasteiger partial charge in [-0.15, -0.1) is 11.8 Å². The van der Waals surface area contributed by atoms with Crippen LogP contribution in [0, 0.1) is 0 Å². The number of rotatable bonds is 6. The van der Waals surface area contributed by atoms with Crippen molar-refractivity contribution in [2.24, 2.45) is 0 Å². The van der Waals surface area contributed by atoms with Gasteiger partial charge in [0.2, 0.25) is 0 Å². The highest BCUT2D eigenvalue weighted by Gasteiger charge is 1.93. The lowest BCUT2D eigenvalue weighted by Gasteiger charge is -1.99. The Balaban J connectivity index is 2.07. The summed E-state index contributed by atoms with van der Waals surface area (Å²) in [7, 11) is 1.98. The summed E-state index contributed by atoms with van der Waals surface area (Å²) in [4.78, 5) is 8.00. The first kappa shape index (κ1) is 10.5. The van der Waals surface area contributed by atoms with E-state index in [0.29, 0.717) is 0 Å². The lowest BCUT2D eigenvalue weighted by atomic mass is 10.3. The van der Waals surface area contributed by atoms with E-state index in [1.54, 1.807) is 24.3 Å². The zero-order valence-electron chi connectivity index (χ0n) is 7.86. The van der Waals surface area contributed by atoms with E-state index in [4.69, 9.17) is 0 Å². The highest BCUT2D eigenvalue weighted by atomic mass is 32.2. The van der Waals surface area contributed by atoms with Gasteiger partial charge in [-0.1, -0.05) is 0 Å². The van der Waals surface area contributed by atoms with Crippen LogP contribution >= 0.6 is 11.8 Å². The van der Waals surface area contributed by atoms with E-state index >= 15 is 0 Å². The first-order valence-electron chi connectivity index (χ1n) is 4.47. The van der Waals surface area contributed by atoms with E-state index < -0.39 is 0 Å². The van der Waals surface area contributed by atoms with Crippen molar-refractivity contribution in [1.29, 1.82) is 0 Å². The van der Waals surface area contributed by atoms with Gasteiger partial charge in [-0.2, -0.15) is 0 Å². The fourth-order valence-corrected chi connectivity index (χ4v) is 1.78. The van der Waals surface area contributed by atoms with E-state index in [2.05, 4.69) is 15.3 Å². The Morgan fingerprint density at radius 2 is 2.38 bits per heavy atom. The number of thioether (sulfide) groups is 1. The minimum absolute atomic E-state index is 1.07. The Morgan fingerprint density at radius 3 is 3.08 bits per heavy atom. The number of nitrogens with one attached hydrogen (secondary N) is 1. The maximum atomic E-state index is 4.13. The molecule has 72 valence electrons. The fraction of sp³-hybridized carbons (Fsp3) is 0.556. The molecule has 0 unspecified atom stereocenters. The Bertz CT molecular complexity index is 215. The number of hydrogen-bond donors (Lipinski definition) is 1. The second kappa shape index (κ2) is 6.86. The maximum absolute atomic E-state index is 4.13. The van der Waals surface area contributed by atoms with Crippen LogP contribution in [0.2, 0.25) is 0 Å². The van der Waals surface area contributed by atoms with Crippen LogP contribution in [-0.4, -0.2) is 29.3 Å². The van der Waals surface area contributed by atoms with Crippen LogP contribution in [0.15, 0.2) is 23.6 Å². The summed E-state index contributed by atoms with van der Waals surface area (Å²) >= 11 is 1.79. The van der Waals surface area contributed by atoms with E-state index in [1.807, 2.05) is 13.1 Å². The summed E-state index contributed by atoms with van der Waals surface area (Å²) in [5, 5.41) is 4.20. The third-order valence-corrected chi connectivity index (χ3v) is 2.66. The molecule has 1 aromatic heterocycles. The molecule has 0 aliphatic carbocycles. The van der Waals surface area contributed by atoms with Crippen LogP contribution in [0.25, 0.3) is 0 Å². The molecule has 0 aromatic carbocycles. The zero-order valence-corrected chi connectivity index (χ0v) is 8.68. The van der Waals surface area contributed by atoms with E-state index in [-0.39, 0.29) is 0 Å². The molecule has 0 saturated heterocycles. The van der Waals surface area contributed by atoms with Gasteiger partial charge in [-0.25, -0.2) is 9.97 Å². The zero-order chi connectivity index (χ0) is 9.36. The molecule has 0 bridgehead atoms. The summed E-state index contributed by atoms with van der Waals surface area (Å²) in [5.74, 6) is 1.14. The third-order valence-electron chi connectivity index (χ3n) is 1.63. The second-order valence-corrected chi connectivity index (χ2v) is 3.82. The first-order valence-corrected chi connectivity index (χ1v) is 5.45. The predicted molar refractivity (Wildman–Crippen MR) is 55.9 cm³/mol. The van der Waals surface area contributed by atoms with Crippen LogP contribution in [0.3, 0.4) is 0 Å². The summed E-state index contributed by atoms with van der Waals surface area (Å²) in [6, 6.07) is 1.95. The summed E-state index contributed by atoms with van der Waals surface area (Å²) in [6.07, 6.45) is 5.84. The molecule has 3 nitrogen and oxygen atoms in total. The number of nitrogens with zero attached hydrogens (tertiary/aromatic N) is 2. The summed E-state index contributed by atoms with van der Waals surface area (Å²) < 4.78 is 0. The van der Waals surface area contributed by atoms with Crippen molar-refractivity contribution in [2.45, 2.75) is 17.9 Å². The molecule has 1 heterocycles. The number of unbranched alkanes of at least 4 members (excludes halogenated alkanes) is 1. The molecule has 0 aliphatic heterocycles. The molecule has 1 N–H and O–H groups in total. The van der Waals surface area contributed by atoms with Gasteiger partial charge in [0.25, 0.3) is 0 Å². The highest BCUT2D eigenvalue weighted by Crippen LogP contribution is 2.14. The van der Waals surface area contributed by atoms with Gasteiger partial charge < -0.3 is 5.32 Å². The van der Waals surface area contributed by atoms with Crippen LogP contribution in [0.5, 0.6) is 0 Å². The molecule has 1 rings (SSSR count). The SMILES string of the molecule is CNCCCCSc1ccncn1. The molecule has 13 heavy (non-hydrogen) atoms. The smallest absolute Gasteiger partial charge is 0.116 e. The molecular weight excluding hydrogens is 182 g/mol. The topological polar surface area (TPSA) is 37.8 Å². The molecule has 0 aliphatic rings. The number of aromatic nitrogens is 2. The van der Waals surface area contributed by atoms with Crippen molar-refractivity contribution in [1.82, 2.24) is 15.3 Å². The number of hydrogen-bond acceptors (Lipinski definition) is 4. The van der Waals surface area contributed by atoms with Crippen molar-refractivity contribution in [2.75, 3.05) is 19.3 Å². The van der Waals surface area contributed by atoms with Crippen LogP contribution < -0.4 is 5.32 Å². The van der Waals surface area contributed by atoms with Crippen molar-refractivity contribution >= 4 is 11.8 Å². The van der Waals surface area contributed by atoms with Gasteiger partial charge >= 0.3 is 0 Å². The fourth-order valence-electron chi connectivity index (χ4n) is 0.945. The van der Waals surface area contributed by atoms with Gasteiger partial charge in [-0.3, -0.25) is 0 Å². The Hall–Kier alpha value is -0.610. The van der Waals surface area contributed by atoms with Gasteiger partial charge in [0, 0.05) is 6.20 Å². The highest BCUT2D eigenvalue weighted by molar-refractivity contribution is 7.99. The molecule has 0 radical (unpaired) electrons. The van der Waals surface area contributed by atoms with Crippen LogP contribution in [-0.2, 0) is 0 Å². The lowest BCUT2D eigenvalue weighted by molar-refractivity contribution is 0.714. The molecular formula is C9H15N3S. The predicted octanol–water partition coefficient (Wildman–Crippen LogP) is 1.57. The van der Waals surface area contributed by atoms with Gasteiger partial charge in [0.1, 0.15) is 6.33 Å². The summed E-state index contributed by atoms with van der Waals surface area (Å²) in [6.45, 7) is 1.10. The first-order chi connectivity index (χ1) is 6.43. The molecule has 1 aromatic rings. The van der Waals surface area contributed by atoms with Gasteiger partial charge in [0.15, 0.2) is 0 Å². The van der Waals surface area contributed by atoms with E-state index in [9.17, 15) is 0 Å². The molecule has 0 spiro atoms. The minimum Gasteiger partial charge on any atom is -0.320 e. The molecule has 0 atom stereocenters. The van der Waals surface area contributed by atoms with E-state index in [0.717, 1.165) is 17.3 Å². The van der Waals surface area contributed by atoms with Crippen molar-refractivity contribution in [3.05, 3.63) is 18.6 Å². The quantitative estimate of drug-likeness (QED) is 0.427. The third kappa shape index (κ3) is 4.85. The Morgan fingerprint density at radius 1 is 1.46 bits per heavy atom. The largest absolute Gasteiger partial charge is 0.320 e. The minimum atomic E-state index is 1.07. The van der Waals surface area contributed by atoms with Gasteiger partial charge in [0.05, 0.1) is 5.03 Å². The van der Waals surface area contributed by atoms with Crippen molar-refractivity contribution < 1.29 is 0 Å². The Labute approximate surface area is 83.4 Å². The van der Waals surface area contributed by atoms with Crippen LogP contribution in [0.4, 0.5) is 0 Å². The Kier molecular flexibility index (Phi) is 5.52. The molecule has 0 saturated carbocycles. The monoisotopic (exact) mass is 197 g/mol. The van der Waals surface area contributed by atoms with E-state index in [1.165, 1.54) is 12.8 Å². The molecule has 4 heteroatoms. The maximum Gasteiger partial charge on any atom is 0.116 e. The van der Waals surface area contributed by atoms with Crippen LogP contribution in [0.1, 0.15) is 12.8 Å². The normalized spacial score (nSPS) is 10.2. The average Bonchev–Trinajstić information content (AvgIpc) is 2.19. The van der Waals surface area contributed by atoms with Crippen molar-refractivity contribution in [3.8, 4) is 0 Å². The van der Waals surface area contributed by atoms with Gasteiger partial charge in [-0.05, 0) is 38.3 Å². The lowest BCUT2D eigenvalue weighted by Crippen LogP contribution is -2.07. The second-order valence-electron chi connectivity index (χ2n) is 2.71. The van der Waals surface area contributed by atoms with Crippen molar-refractivity contribution in [3.63, 3.8) is 0 Å². The molecule has 0 amide bonds. The molecule has 0 fully saturated rings. The standard InChI is InChI=1S/C9H15N3S/c1-10-5-2-3-7-13-9-4-6-11-8-12-9/h4,6,8,10H,2-3,5,7H2,1H3.